The summed E-state index contributed by atoms with van der Waals surface area (Å²) in [5.41, 5.74) is 0.556. The molecular weight excluding hydrogens is 204 g/mol. The summed E-state index contributed by atoms with van der Waals surface area (Å²) in [4.78, 5) is 22.4. The van der Waals surface area contributed by atoms with E-state index in [2.05, 4.69) is 6.58 Å². The average Bonchev–Trinajstić information content (AvgIpc) is 2.25. The zero-order valence-corrected chi connectivity index (χ0v) is 9.23. The predicted octanol–water partition coefficient (Wildman–Crippen LogP) is 2.76. The first-order valence-electron chi connectivity index (χ1n) is 5.06. The lowest BCUT2D eigenvalue weighted by molar-refractivity contribution is -0.131. The van der Waals surface area contributed by atoms with Gasteiger partial charge in [0.2, 0.25) is 0 Å². The number of esters is 1. The SMILES string of the molecule is C=CCCC(=O)c1cccc(OC(C)=O)c1. The van der Waals surface area contributed by atoms with Crippen LogP contribution in [0.2, 0.25) is 0 Å². The molecule has 0 spiro atoms. The summed E-state index contributed by atoms with van der Waals surface area (Å²) >= 11 is 0. The van der Waals surface area contributed by atoms with Gasteiger partial charge in [-0.25, -0.2) is 0 Å². The number of hydrogen-bond acceptors (Lipinski definition) is 3. The van der Waals surface area contributed by atoms with Crippen LogP contribution in [0.15, 0.2) is 36.9 Å². The third kappa shape index (κ3) is 3.69. The second kappa shape index (κ2) is 5.85. The number of Topliss-reactive ketones (excluding diaryl/α,β-unsaturated/α-hetero) is 1. The fourth-order valence-electron chi connectivity index (χ4n) is 1.28. The summed E-state index contributed by atoms with van der Waals surface area (Å²) in [5, 5.41) is 0. The number of allylic oxidation sites excluding steroid dienone is 1. The van der Waals surface area contributed by atoms with Crippen LogP contribution in [0.1, 0.15) is 30.1 Å². The molecule has 0 aliphatic rings. The molecule has 0 aliphatic carbocycles. The largest absolute Gasteiger partial charge is 0.427 e. The average molecular weight is 218 g/mol. The van der Waals surface area contributed by atoms with Crippen LogP contribution in [0.5, 0.6) is 5.75 Å². The second-order valence-electron chi connectivity index (χ2n) is 3.37. The zero-order chi connectivity index (χ0) is 12.0. The van der Waals surface area contributed by atoms with E-state index in [1.165, 1.54) is 6.92 Å². The molecular formula is C13H14O3. The fraction of sp³-hybridized carbons (Fsp3) is 0.231. The summed E-state index contributed by atoms with van der Waals surface area (Å²) in [6, 6.07) is 6.62. The van der Waals surface area contributed by atoms with Crippen molar-refractivity contribution < 1.29 is 14.3 Å². The van der Waals surface area contributed by atoms with Crippen molar-refractivity contribution in [2.45, 2.75) is 19.8 Å². The van der Waals surface area contributed by atoms with Crippen molar-refractivity contribution in [2.24, 2.45) is 0 Å². The van der Waals surface area contributed by atoms with E-state index < -0.39 is 5.97 Å². The molecule has 1 rings (SSSR count). The van der Waals surface area contributed by atoms with Crippen molar-refractivity contribution in [2.75, 3.05) is 0 Å². The maximum Gasteiger partial charge on any atom is 0.308 e. The van der Waals surface area contributed by atoms with Gasteiger partial charge in [0.05, 0.1) is 0 Å². The topological polar surface area (TPSA) is 43.4 Å². The van der Waals surface area contributed by atoms with Crippen LogP contribution in [0.25, 0.3) is 0 Å². The minimum atomic E-state index is -0.393. The van der Waals surface area contributed by atoms with Crippen LogP contribution in [0, 0.1) is 0 Å². The maximum atomic E-state index is 11.7. The number of rotatable bonds is 5. The van der Waals surface area contributed by atoms with E-state index in [4.69, 9.17) is 4.74 Å². The highest BCUT2D eigenvalue weighted by atomic mass is 16.5. The zero-order valence-electron chi connectivity index (χ0n) is 9.23. The fourth-order valence-corrected chi connectivity index (χ4v) is 1.28. The Morgan fingerprint density at radius 3 is 2.81 bits per heavy atom. The second-order valence-corrected chi connectivity index (χ2v) is 3.37. The van der Waals surface area contributed by atoms with Gasteiger partial charge in [-0.15, -0.1) is 6.58 Å². The molecule has 0 radical (unpaired) electrons. The van der Waals surface area contributed by atoms with Gasteiger partial charge in [-0.1, -0.05) is 18.2 Å². The van der Waals surface area contributed by atoms with Gasteiger partial charge in [0.15, 0.2) is 5.78 Å². The molecule has 0 saturated carbocycles. The van der Waals surface area contributed by atoms with Crippen LogP contribution in [0.3, 0.4) is 0 Å². The molecule has 84 valence electrons. The van der Waals surface area contributed by atoms with Gasteiger partial charge in [-0.05, 0) is 18.6 Å². The van der Waals surface area contributed by atoms with Crippen LogP contribution in [-0.2, 0) is 4.79 Å². The van der Waals surface area contributed by atoms with Gasteiger partial charge in [0, 0.05) is 18.9 Å². The lowest BCUT2D eigenvalue weighted by atomic mass is 10.1. The van der Waals surface area contributed by atoms with Crippen molar-refractivity contribution >= 4 is 11.8 Å². The highest BCUT2D eigenvalue weighted by molar-refractivity contribution is 5.96. The lowest BCUT2D eigenvalue weighted by Gasteiger charge is -2.03. The highest BCUT2D eigenvalue weighted by Gasteiger charge is 2.06. The van der Waals surface area contributed by atoms with E-state index in [0.717, 1.165) is 0 Å². The van der Waals surface area contributed by atoms with Gasteiger partial charge in [0.25, 0.3) is 0 Å². The highest BCUT2D eigenvalue weighted by Crippen LogP contribution is 2.15. The standard InChI is InChI=1S/C13H14O3/c1-3-4-8-13(15)11-6-5-7-12(9-11)16-10(2)14/h3,5-7,9H,1,4,8H2,2H3. The quantitative estimate of drug-likeness (QED) is 0.330. The van der Waals surface area contributed by atoms with Crippen LogP contribution in [-0.4, -0.2) is 11.8 Å². The van der Waals surface area contributed by atoms with Crippen molar-refractivity contribution in [3.63, 3.8) is 0 Å². The third-order valence-electron chi connectivity index (χ3n) is 1.99. The Bertz CT molecular complexity index is 407. The van der Waals surface area contributed by atoms with Crippen molar-refractivity contribution in [1.82, 2.24) is 0 Å². The molecule has 1 aromatic rings. The first kappa shape index (κ1) is 12.2. The molecule has 0 heterocycles. The Morgan fingerprint density at radius 2 is 2.19 bits per heavy atom. The van der Waals surface area contributed by atoms with E-state index in [1.54, 1.807) is 30.3 Å². The monoisotopic (exact) mass is 218 g/mol. The van der Waals surface area contributed by atoms with E-state index in [9.17, 15) is 9.59 Å². The summed E-state index contributed by atoms with van der Waals surface area (Å²) in [6.45, 7) is 4.89. The van der Waals surface area contributed by atoms with Crippen molar-refractivity contribution in [1.29, 1.82) is 0 Å². The van der Waals surface area contributed by atoms with E-state index in [0.29, 0.717) is 24.2 Å². The van der Waals surface area contributed by atoms with Gasteiger partial charge in [0.1, 0.15) is 5.75 Å². The predicted molar refractivity (Wildman–Crippen MR) is 61.5 cm³/mol. The summed E-state index contributed by atoms with van der Waals surface area (Å²) in [7, 11) is 0. The van der Waals surface area contributed by atoms with E-state index in [1.807, 2.05) is 0 Å². The molecule has 3 heteroatoms. The van der Waals surface area contributed by atoms with Crippen LogP contribution < -0.4 is 4.74 Å². The van der Waals surface area contributed by atoms with Crippen molar-refractivity contribution in [3.05, 3.63) is 42.5 Å². The lowest BCUT2D eigenvalue weighted by Crippen LogP contribution is -2.03. The smallest absolute Gasteiger partial charge is 0.308 e. The van der Waals surface area contributed by atoms with Crippen LogP contribution >= 0.6 is 0 Å². The van der Waals surface area contributed by atoms with Gasteiger partial charge in [-0.2, -0.15) is 0 Å². The molecule has 0 N–H and O–H groups in total. The number of carbonyl (C=O) groups is 2. The first-order valence-corrected chi connectivity index (χ1v) is 5.06. The molecule has 1 aromatic carbocycles. The molecule has 0 atom stereocenters. The summed E-state index contributed by atoms with van der Waals surface area (Å²) < 4.78 is 4.90. The van der Waals surface area contributed by atoms with E-state index >= 15 is 0 Å². The normalized spacial score (nSPS) is 9.56. The molecule has 3 nitrogen and oxygen atoms in total. The Kier molecular flexibility index (Phi) is 4.45. The van der Waals surface area contributed by atoms with Gasteiger partial charge >= 0.3 is 5.97 Å². The summed E-state index contributed by atoms with van der Waals surface area (Å²) in [6.07, 6.45) is 2.78. The molecule has 0 saturated heterocycles. The van der Waals surface area contributed by atoms with Crippen LogP contribution in [0.4, 0.5) is 0 Å². The Hall–Kier alpha value is -1.90. The minimum absolute atomic E-state index is 0.0221. The molecule has 0 aliphatic heterocycles. The molecule has 0 amide bonds. The number of ketones is 1. The molecule has 0 aromatic heterocycles. The number of hydrogen-bond donors (Lipinski definition) is 0. The number of benzene rings is 1. The number of ether oxygens (including phenoxy) is 1. The first-order chi connectivity index (χ1) is 7.63. The van der Waals surface area contributed by atoms with Crippen molar-refractivity contribution in [3.8, 4) is 5.75 Å². The maximum absolute atomic E-state index is 11.7. The molecule has 16 heavy (non-hydrogen) atoms. The third-order valence-corrected chi connectivity index (χ3v) is 1.99. The number of carbonyl (C=O) groups excluding carboxylic acids is 2. The molecule has 0 unspecified atom stereocenters. The Morgan fingerprint density at radius 1 is 1.44 bits per heavy atom. The summed E-state index contributed by atoms with van der Waals surface area (Å²) in [5.74, 6) is 0.0292. The van der Waals surface area contributed by atoms with Gasteiger partial charge in [-0.3, -0.25) is 9.59 Å². The Balaban J connectivity index is 2.77. The molecule has 0 bridgehead atoms. The minimum Gasteiger partial charge on any atom is -0.427 e. The van der Waals surface area contributed by atoms with E-state index in [-0.39, 0.29) is 5.78 Å². The molecule has 0 fully saturated rings. The Labute approximate surface area is 94.7 Å². The van der Waals surface area contributed by atoms with Gasteiger partial charge < -0.3 is 4.74 Å².